The van der Waals surface area contributed by atoms with Gasteiger partial charge in [-0.05, 0) is 0 Å². The summed E-state index contributed by atoms with van der Waals surface area (Å²) in [6.07, 6.45) is -1.05. The number of amides is 1. The highest BCUT2D eigenvalue weighted by Crippen LogP contribution is 2.05. The minimum atomic E-state index is -3.91. The van der Waals surface area contributed by atoms with Crippen molar-refractivity contribution < 1.29 is 27.9 Å². The van der Waals surface area contributed by atoms with E-state index >= 15 is 0 Å². The second-order valence-corrected chi connectivity index (χ2v) is 5.34. The highest BCUT2D eigenvalue weighted by Gasteiger charge is 2.29. The van der Waals surface area contributed by atoms with Gasteiger partial charge < -0.3 is 9.84 Å². The summed E-state index contributed by atoms with van der Waals surface area (Å²) in [4.78, 5) is 23.0. The molecule has 0 aromatic heterocycles. The lowest BCUT2D eigenvalue weighted by Gasteiger charge is -2.32. The van der Waals surface area contributed by atoms with Crippen LogP contribution in [0.2, 0.25) is 0 Å². The number of hydrogen-bond acceptors (Lipinski definition) is 6. The van der Waals surface area contributed by atoms with Crippen molar-refractivity contribution in [1.82, 2.24) is 13.9 Å². The predicted molar refractivity (Wildman–Crippen MR) is 60.1 cm³/mol. The van der Waals surface area contributed by atoms with E-state index in [0.29, 0.717) is 13.1 Å². The van der Waals surface area contributed by atoms with Gasteiger partial charge in [0, 0.05) is 26.2 Å². The molecule has 0 radical (unpaired) electrons. The molecule has 1 heterocycles. The van der Waals surface area contributed by atoms with Crippen LogP contribution < -0.4 is 4.72 Å². The number of carbonyl (C=O) groups is 2. The molecule has 18 heavy (non-hydrogen) atoms. The molecule has 0 aromatic rings. The van der Waals surface area contributed by atoms with Gasteiger partial charge in [-0.1, -0.05) is 0 Å². The summed E-state index contributed by atoms with van der Waals surface area (Å²) in [5.41, 5.74) is 0. The van der Waals surface area contributed by atoms with E-state index in [2.05, 4.69) is 4.74 Å². The topological polar surface area (TPSA) is 116 Å². The number of rotatable bonds is 4. The number of nitrogens with zero attached hydrogens (tertiary/aromatic N) is 2. The summed E-state index contributed by atoms with van der Waals surface area (Å²) < 4.78 is 30.3. The molecule has 1 rings (SSSR count). The Bertz CT molecular complexity index is 415. The van der Waals surface area contributed by atoms with Crippen molar-refractivity contribution in [3.8, 4) is 0 Å². The summed E-state index contributed by atoms with van der Waals surface area (Å²) in [5, 5.41) is 8.60. The maximum Gasteiger partial charge on any atom is 0.421 e. The van der Waals surface area contributed by atoms with Crippen molar-refractivity contribution in [2.24, 2.45) is 0 Å². The third-order valence-corrected chi connectivity index (χ3v) is 3.90. The molecule has 1 saturated heterocycles. The van der Waals surface area contributed by atoms with Crippen LogP contribution in [0.15, 0.2) is 0 Å². The van der Waals surface area contributed by atoms with Crippen LogP contribution in [-0.4, -0.2) is 74.6 Å². The molecule has 0 bridgehead atoms. The van der Waals surface area contributed by atoms with E-state index < -0.39 is 22.3 Å². The van der Waals surface area contributed by atoms with Crippen molar-refractivity contribution in [3.63, 3.8) is 0 Å². The van der Waals surface area contributed by atoms with Gasteiger partial charge in [0.2, 0.25) is 0 Å². The van der Waals surface area contributed by atoms with Crippen LogP contribution in [0, 0.1) is 0 Å². The summed E-state index contributed by atoms with van der Waals surface area (Å²) in [7, 11) is -2.85. The number of nitrogens with one attached hydrogen (secondary N) is 1. The number of carbonyl (C=O) groups excluding carboxylic acids is 1. The van der Waals surface area contributed by atoms with E-state index in [4.69, 9.17) is 5.11 Å². The van der Waals surface area contributed by atoms with Gasteiger partial charge in [0.1, 0.15) is 0 Å². The normalized spacial score (nSPS) is 18.3. The first-order valence-corrected chi connectivity index (χ1v) is 6.59. The maximum absolute atomic E-state index is 11.7. The molecule has 0 atom stereocenters. The van der Waals surface area contributed by atoms with Crippen LogP contribution in [0.4, 0.5) is 4.79 Å². The van der Waals surface area contributed by atoms with Gasteiger partial charge in [0.25, 0.3) is 0 Å². The van der Waals surface area contributed by atoms with Crippen LogP contribution in [0.5, 0.6) is 0 Å². The molecule has 1 amide bonds. The SMILES string of the molecule is COC(=O)NS(=O)(=O)N1CCN(CC(=O)O)CC1. The molecule has 2 N–H and O–H groups in total. The first-order valence-electron chi connectivity index (χ1n) is 5.15. The quantitative estimate of drug-likeness (QED) is 0.630. The van der Waals surface area contributed by atoms with Crippen molar-refractivity contribution in [1.29, 1.82) is 0 Å². The van der Waals surface area contributed by atoms with E-state index in [1.165, 1.54) is 0 Å². The van der Waals surface area contributed by atoms with Crippen LogP contribution in [0.1, 0.15) is 0 Å². The average Bonchev–Trinajstić information content (AvgIpc) is 2.28. The van der Waals surface area contributed by atoms with Crippen molar-refractivity contribution in [2.75, 3.05) is 39.8 Å². The summed E-state index contributed by atoms with van der Waals surface area (Å²) in [6.45, 7) is 0.723. The van der Waals surface area contributed by atoms with Crippen molar-refractivity contribution >= 4 is 22.3 Å². The Labute approximate surface area is 104 Å². The number of methoxy groups -OCH3 is 1. The summed E-state index contributed by atoms with van der Waals surface area (Å²) in [5.74, 6) is -0.959. The molecule has 0 saturated carbocycles. The molecule has 1 aliphatic heterocycles. The first-order chi connectivity index (χ1) is 8.35. The Morgan fingerprint density at radius 3 is 2.28 bits per heavy atom. The number of carboxylic acids is 1. The predicted octanol–water partition coefficient (Wildman–Crippen LogP) is -1.71. The van der Waals surface area contributed by atoms with Crippen LogP contribution in [0.3, 0.4) is 0 Å². The van der Waals surface area contributed by atoms with Crippen molar-refractivity contribution in [3.05, 3.63) is 0 Å². The van der Waals surface area contributed by atoms with E-state index in [1.54, 1.807) is 9.62 Å². The molecule has 0 aromatic carbocycles. The molecule has 1 aliphatic rings. The Morgan fingerprint density at radius 2 is 1.83 bits per heavy atom. The van der Waals surface area contributed by atoms with Gasteiger partial charge in [-0.25, -0.2) is 9.52 Å². The minimum Gasteiger partial charge on any atom is -0.480 e. The zero-order valence-electron chi connectivity index (χ0n) is 9.83. The second-order valence-electron chi connectivity index (χ2n) is 3.67. The fourth-order valence-electron chi connectivity index (χ4n) is 1.53. The molecule has 104 valence electrons. The Kier molecular flexibility index (Phi) is 4.87. The summed E-state index contributed by atoms with van der Waals surface area (Å²) >= 11 is 0. The lowest BCUT2D eigenvalue weighted by atomic mass is 10.3. The van der Waals surface area contributed by atoms with E-state index in [9.17, 15) is 18.0 Å². The number of carboxylic acid groups (broad SMARTS) is 1. The highest BCUT2D eigenvalue weighted by atomic mass is 32.2. The molecular weight excluding hydrogens is 266 g/mol. The zero-order valence-corrected chi connectivity index (χ0v) is 10.6. The van der Waals surface area contributed by atoms with Gasteiger partial charge in [-0.15, -0.1) is 0 Å². The number of ether oxygens (including phenoxy) is 1. The first kappa shape index (κ1) is 14.7. The monoisotopic (exact) mass is 281 g/mol. The third-order valence-electron chi connectivity index (χ3n) is 2.43. The van der Waals surface area contributed by atoms with E-state index in [0.717, 1.165) is 11.4 Å². The Hall–Kier alpha value is -1.39. The van der Waals surface area contributed by atoms with Gasteiger partial charge in [-0.3, -0.25) is 9.69 Å². The fraction of sp³-hybridized carbons (Fsp3) is 0.750. The average molecular weight is 281 g/mol. The Balaban J connectivity index is 2.51. The van der Waals surface area contributed by atoms with Gasteiger partial charge >= 0.3 is 22.3 Å². The number of aliphatic carboxylic acids is 1. The standard InChI is InChI=1S/C8H15N3O6S/c1-17-8(14)9-18(15,16)11-4-2-10(3-5-11)6-7(12)13/h2-6H2,1H3,(H,9,14)(H,12,13). The summed E-state index contributed by atoms with van der Waals surface area (Å²) in [6, 6.07) is 0. The molecule has 1 fully saturated rings. The van der Waals surface area contributed by atoms with E-state index in [1.807, 2.05) is 0 Å². The van der Waals surface area contributed by atoms with Crippen LogP contribution in [-0.2, 0) is 19.7 Å². The Morgan fingerprint density at radius 1 is 1.28 bits per heavy atom. The second kappa shape index (κ2) is 5.98. The highest BCUT2D eigenvalue weighted by molar-refractivity contribution is 7.87. The third kappa shape index (κ3) is 4.13. The zero-order chi connectivity index (χ0) is 13.8. The molecule has 0 aliphatic carbocycles. The molecule has 9 nitrogen and oxygen atoms in total. The molecule has 0 spiro atoms. The van der Waals surface area contributed by atoms with Gasteiger partial charge in [0.15, 0.2) is 0 Å². The van der Waals surface area contributed by atoms with Gasteiger partial charge in [-0.2, -0.15) is 12.7 Å². The molecule has 10 heteroatoms. The van der Waals surface area contributed by atoms with Gasteiger partial charge in [0.05, 0.1) is 13.7 Å². The number of piperazine rings is 1. The smallest absolute Gasteiger partial charge is 0.421 e. The fourth-order valence-corrected chi connectivity index (χ4v) is 2.60. The maximum atomic E-state index is 11.7. The van der Waals surface area contributed by atoms with E-state index in [-0.39, 0.29) is 19.6 Å². The largest absolute Gasteiger partial charge is 0.480 e. The van der Waals surface area contributed by atoms with Crippen LogP contribution >= 0.6 is 0 Å². The van der Waals surface area contributed by atoms with Crippen LogP contribution in [0.25, 0.3) is 0 Å². The number of hydrogen-bond donors (Lipinski definition) is 2. The lowest BCUT2D eigenvalue weighted by molar-refractivity contribution is -0.138. The lowest BCUT2D eigenvalue weighted by Crippen LogP contribution is -2.53. The molecule has 0 unspecified atom stereocenters. The molecular formula is C8H15N3O6S. The van der Waals surface area contributed by atoms with Crippen molar-refractivity contribution in [2.45, 2.75) is 0 Å². The minimum absolute atomic E-state index is 0.125.